The normalized spacial score (nSPS) is 18.5. The highest BCUT2D eigenvalue weighted by Crippen LogP contribution is 2.40. The van der Waals surface area contributed by atoms with Crippen molar-refractivity contribution in [2.75, 3.05) is 19.6 Å². The molecule has 7 rings (SSSR count). The average Bonchev–Trinajstić information content (AvgIpc) is 4.04. The van der Waals surface area contributed by atoms with Crippen LogP contribution >= 0.6 is 0 Å². The zero-order chi connectivity index (χ0) is 42.0. The van der Waals surface area contributed by atoms with Gasteiger partial charge in [-0.25, -0.2) is 0 Å². The minimum Gasteiger partial charge on any atom is -0.456 e. The molecule has 0 aliphatic carbocycles. The van der Waals surface area contributed by atoms with E-state index in [0.29, 0.717) is 25.9 Å². The minimum atomic E-state index is -0.711. The predicted octanol–water partition coefficient (Wildman–Crippen LogP) is 6.17. The first-order valence-electron chi connectivity index (χ1n) is 21.1. The number of hydrogen-bond acceptors (Lipinski definition) is 8. The summed E-state index contributed by atoms with van der Waals surface area (Å²) >= 11 is 0. The summed E-state index contributed by atoms with van der Waals surface area (Å²) in [6.07, 6.45) is 4.64. The van der Waals surface area contributed by atoms with E-state index >= 15 is 0 Å². The van der Waals surface area contributed by atoms with E-state index in [1.807, 2.05) is 73.9 Å². The summed E-state index contributed by atoms with van der Waals surface area (Å²) in [7, 11) is 0. The number of hydrogen-bond donors (Lipinski definition) is 4. The molecule has 5 aromatic rings. The number of para-hydroxylation sites is 2. The van der Waals surface area contributed by atoms with Crippen LogP contribution in [0.4, 0.5) is 0 Å². The molecule has 4 amide bonds. The molecule has 3 aromatic carbocycles. The maximum absolute atomic E-state index is 14.0. The van der Waals surface area contributed by atoms with Gasteiger partial charge in [-0.05, 0) is 69.4 Å². The van der Waals surface area contributed by atoms with Gasteiger partial charge in [-0.2, -0.15) is 0 Å². The fourth-order valence-corrected chi connectivity index (χ4v) is 8.89. The van der Waals surface area contributed by atoms with E-state index in [9.17, 15) is 19.2 Å². The standard InChI is InChI=1S/C47H58N6O6/c1-27(2)41(50-40(54)26-48)46(56)52-22-10-12-32(52)24-36-34-14-6-8-16-38(34)58-43(36)30-18-20-31(21-19-30)44-37(35-15-7-9-17-39(35)59-44)25-33-13-11-23-53(33)47(57)42(28(3)4)51-45(55)29(5)49/h6-9,14-21,27-29,32-33,41-42H,10-13,22-26,48-49H2,1-5H3,(H,50,54)(H,51,55)/t29-,32-,33-,41-,42-/m0/s1. The molecular formula is C47H58N6O6. The van der Waals surface area contributed by atoms with Gasteiger partial charge in [0.2, 0.25) is 23.6 Å². The summed E-state index contributed by atoms with van der Waals surface area (Å²) in [5.41, 5.74) is 16.9. The number of likely N-dealkylation sites (tertiary alicyclic amines) is 2. The molecule has 5 atom stereocenters. The maximum Gasteiger partial charge on any atom is 0.245 e. The highest BCUT2D eigenvalue weighted by Gasteiger charge is 2.38. The van der Waals surface area contributed by atoms with Crippen molar-refractivity contribution in [3.8, 4) is 22.6 Å². The van der Waals surface area contributed by atoms with Crippen LogP contribution in [0.25, 0.3) is 44.6 Å². The molecule has 12 heteroatoms. The Kier molecular flexibility index (Phi) is 12.6. The van der Waals surface area contributed by atoms with Crippen LogP contribution in [0.15, 0.2) is 81.6 Å². The highest BCUT2D eigenvalue weighted by atomic mass is 16.3. The lowest BCUT2D eigenvalue weighted by molar-refractivity contribution is -0.138. The third-order valence-corrected chi connectivity index (χ3v) is 12.1. The van der Waals surface area contributed by atoms with E-state index in [1.165, 1.54) is 0 Å². The van der Waals surface area contributed by atoms with Crippen molar-refractivity contribution in [3.05, 3.63) is 83.9 Å². The number of nitrogens with zero attached hydrogens (tertiary/aromatic N) is 2. The fourth-order valence-electron chi connectivity index (χ4n) is 8.89. The van der Waals surface area contributed by atoms with Crippen LogP contribution < -0.4 is 22.1 Å². The molecule has 0 saturated carbocycles. The Bertz CT molecular complexity index is 2310. The number of fused-ring (bicyclic) bond motifs is 2. The van der Waals surface area contributed by atoms with E-state index in [0.717, 1.165) is 81.4 Å². The third kappa shape index (κ3) is 8.65. The van der Waals surface area contributed by atoms with Crippen molar-refractivity contribution < 1.29 is 28.0 Å². The van der Waals surface area contributed by atoms with Gasteiger partial charge in [-0.15, -0.1) is 0 Å². The number of nitrogens with one attached hydrogen (secondary N) is 2. The van der Waals surface area contributed by atoms with Crippen LogP contribution in [0.2, 0.25) is 0 Å². The van der Waals surface area contributed by atoms with Gasteiger partial charge in [0, 0.05) is 58.2 Å². The number of nitrogens with two attached hydrogens (primary N) is 2. The number of rotatable bonds is 14. The molecular weight excluding hydrogens is 745 g/mol. The molecule has 6 N–H and O–H groups in total. The second kappa shape index (κ2) is 17.8. The van der Waals surface area contributed by atoms with Crippen LogP contribution in [0.3, 0.4) is 0 Å². The number of carbonyl (C=O) groups excluding carboxylic acids is 4. The number of carbonyl (C=O) groups is 4. The molecule has 2 aliphatic rings. The fraction of sp³-hybridized carbons (Fsp3) is 0.447. The molecule has 2 fully saturated rings. The second-order valence-electron chi connectivity index (χ2n) is 17.0. The van der Waals surface area contributed by atoms with Crippen molar-refractivity contribution in [1.82, 2.24) is 20.4 Å². The molecule has 2 aliphatic heterocycles. The van der Waals surface area contributed by atoms with Crippen LogP contribution in [0, 0.1) is 11.8 Å². The topological polar surface area (TPSA) is 177 Å². The Morgan fingerprint density at radius 2 is 1.08 bits per heavy atom. The number of furan rings is 2. The van der Waals surface area contributed by atoms with Crippen LogP contribution in [0.1, 0.15) is 71.4 Å². The second-order valence-corrected chi connectivity index (χ2v) is 17.0. The quantitative estimate of drug-likeness (QED) is 0.103. The molecule has 2 saturated heterocycles. The van der Waals surface area contributed by atoms with Crippen molar-refractivity contribution in [2.24, 2.45) is 23.3 Å². The Morgan fingerprint density at radius 3 is 1.49 bits per heavy atom. The molecule has 2 aromatic heterocycles. The SMILES string of the molecule is CC(C)[C@H](NC(=O)CN)C(=O)N1CCC[C@H]1Cc1c(-c2ccc(-c3oc4ccccc4c3C[C@@H]3CCCN3C(=O)[C@@H](NC(=O)[C@H](C)N)C(C)C)cc2)oc2ccccc12. The predicted molar refractivity (Wildman–Crippen MR) is 230 cm³/mol. The lowest BCUT2D eigenvalue weighted by atomic mass is 9.95. The van der Waals surface area contributed by atoms with E-state index in [4.69, 9.17) is 20.3 Å². The molecule has 0 unspecified atom stereocenters. The van der Waals surface area contributed by atoms with Crippen LogP contribution in [-0.2, 0) is 32.0 Å². The maximum atomic E-state index is 14.0. The van der Waals surface area contributed by atoms with E-state index in [1.54, 1.807) is 6.92 Å². The molecule has 0 bridgehead atoms. The van der Waals surface area contributed by atoms with Crippen molar-refractivity contribution >= 4 is 45.6 Å². The molecule has 59 heavy (non-hydrogen) atoms. The smallest absolute Gasteiger partial charge is 0.245 e. The van der Waals surface area contributed by atoms with Crippen molar-refractivity contribution in [1.29, 1.82) is 0 Å². The average molecular weight is 803 g/mol. The van der Waals surface area contributed by atoms with Gasteiger partial charge in [0.05, 0.1) is 12.6 Å². The molecule has 0 spiro atoms. The lowest BCUT2D eigenvalue weighted by Crippen LogP contribution is -2.55. The third-order valence-electron chi connectivity index (χ3n) is 12.1. The van der Waals surface area contributed by atoms with E-state index in [2.05, 4.69) is 47.0 Å². The Hall–Kier alpha value is -5.46. The van der Waals surface area contributed by atoms with Crippen LogP contribution in [0.5, 0.6) is 0 Å². The van der Waals surface area contributed by atoms with Crippen molar-refractivity contribution in [2.45, 2.75) is 103 Å². The van der Waals surface area contributed by atoms with Gasteiger partial charge >= 0.3 is 0 Å². The first-order valence-corrected chi connectivity index (χ1v) is 21.1. The Morgan fingerprint density at radius 1 is 0.661 bits per heavy atom. The monoisotopic (exact) mass is 802 g/mol. The molecule has 312 valence electrons. The minimum absolute atomic E-state index is 0.0611. The molecule has 0 radical (unpaired) electrons. The Labute approximate surface area is 346 Å². The zero-order valence-corrected chi connectivity index (χ0v) is 34.8. The summed E-state index contributed by atoms with van der Waals surface area (Å²) in [6, 6.07) is 22.1. The molecule has 4 heterocycles. The van der Waals surface area contributed by atoms with Crippen molar-refractivity contribution in [3.63, 3.8) is 0 Å². The van der Waals surface area contributed by atoms with Gasteiger partial charge in [0.1, 0.15) is 34.8 Å². The number of benzene rings is 3. The van der Waals surface area contributed by atoms with Gasteiger partial charge in [-0.1, -0.05) is 88.4 Å². The summed E-state index contributed by atoms with van der Waals surface area (Å²) in [6.45, 7) is 10.4. The van der Waals surface area contributed by atoms with Gasteiger partial charge in [0.25, 0.3) is 0 Å². The van der Waals surface area contributed by atoms with E-state index in [-0.39, 0.29) is 54.1 Å². The zero-order valence-electron chi connectivity index (χ0n) is 34.8. The van der Waals surface area contributed by atoms with Gasteiger partial charge < -0.3 is 40.7 Å². The highest BCUT2D eigenvalue weighted by molar-refractivity contribution is 5.92. The summed E-state index contributed by atoms with van der Waals surface area (Å²) in [4.78, 5) is 56.7. The number of amides is 4. The largest absolute Gasteiger partial charge is 0.456 e. The Balaban J connectivity index is 1.18. The van der Waals surface area contributed by atoms with E-state index < -0.39 is 18.1 Å². The first-order chi connectivity index (χ1) is 28.4. The first kappa shape index (κ1) is 41.7. The molecule has 12 nitrogen and oxygen atoms in total. The van der Waals surface area contributed by atoms with Gasteiger partial charge in [-0.3, -0.25) is 19.2 Å². The summed E-state index contributed by atoms with van der Waals surface area (Å²) in [5.74, 6) is 0.479. The van der Waals surface area contributed by atoms with Gasteiger partial charge in [0.15, 0.2) is 0 Å². The van der Waals surface area contributed by atoms with Crippen LogP contribution in [-0.4, -0.2) is 83.3 Å². The lowest BCUT2D eigenvalue weighted by Gasteiger charge is -2.31. The summed E-state index contributed by atoms with van der Waals surface area (Å²) < 4.78 is 13.2. The summed E-state index contributed by atoms with van der Waals surface area (Å²) in [5, 5.41) is 7.76.